The van der Waals surface area contributed by atoms with Crippen LogP contribution in [0.25, 0.3) is 6.08 Å². The predicted octanol–water partition coefficient (Wildman–Crippen LogP) is 4.22. The summed E-state index contributed by atoms with van der Waals surface area (Å²) >= 11 is 5.91. The lowest BCUT2D eigenvalue weighted by molar-refractivity contribution is -0.111. The van der Waals surface area contributed by atoms with Gasteiger partial charge >= 0.3 is 0 Å². The van der Waals surface area contributed by atoms with Crippen LogP contribution < -0.4 is 14.9 Å². The predicted molar refractivity (Wildman–Crippen MR) is 128 cm³/mol. The average Bonchev–Trinajstić information content (AvgIpc) is 3.33. The minimum absolute atomic E-state index is 0.0483. The molecule has 0 spiro atoms. The molecular formula is C23H22ClN3O5S. The third kappa shape index (κ3) is 5.95. The van der Waals surface area contributed by atoms with Gasteiger partial charge in [-0.05, 0) is 60.7 Å². The molecule has 1 amide bonds. The summed E-state index contributed by atoms with van der Waals surface area (Å²) < 4.78 is 39.8. The van der Waals surface area contributed by atoms with Gasteiger partial charge in [0.05, 0.1) is 25.2 Å². The zero-order chi connectivity index (χ0) is 23.3. The fourth-order valence-corrected chi connectivity index (χ4v) is 4.77. The number of carbonyl (C=O) groups is 1. The first-order valence-electron chi connectivity index (χ1n) is 10.2. The van der Waals surface area contributed by atoms with Crippen molar-refractivity contribution in [1.82, 2.24) is 0 Å². The summed E-state index contributed by atoms with van der Waals surface area (Å²) in [6.07, 6.45) is 4.35. The van der Waals surface area contributed by atoms with Gasteiger partial charge in [-0.1, -0.05) is 11.6 Å². The van der Waals surface area contributed by atoms with Gasteiger partial charge in [-0.2, -0.15) is 0 Å². The van der Waals surface area contributed by atoms with E-state index in [4.69, 9.17) is 20.8 Å². The standard InChI is InChI=1S/C23H22ClN3O5S/c24-17-3-5-18(6-4-17)26-33(29,30)22-16-19(7-9-21(22)27-11-14-31-15-12-27)25-23(28)10-8-20-2-1-13-32-20/h1-10,13,16,26H,11-12,14-15H2,(H,25,28)/b10-8+. The first kappa shape index (κ1) is 22.9. The number of furan rings is 1. The van der Waals surface area contributed by atoms with Gasteiger partial charge < -0.3 is 19.4 Å². The summed E-state index contributed by atoms with van der Waals surface area (Å²) in [6.45, 7) is 2.11. The van der Waals surface area contributed by atoms with Crippen molar-refractivity contribution >= 4 is 50.7 Å². The highest BCUT2D eigenvalue weighted by Gasteiger charge is 2.24. The number of sulfonamides is 1. The van der Waals surface area contributed by atoms with Gasteiger partial charge in [0.2, 0.25) is 5.91 Å². The van der Waals surface area contributed by atoms with E-state index in [1.165, 1.54) is 24.5 Å². The molecule has 2 heterocycles. The summed E-state index contributed by atoms with van der Waals surface area (Å²) in [6, 6.07) is 14.6. The summed E-state index contributed by atoms with van der Waals surface area (Å²) in [7, 11) is -3.97. The van der Waals surface area contributed by atoms with E-state index in [9.17, 15) is 13.2 Å². The summed E-state index contributed by atoms with van der Waals surface area (Å²) in [5, 5.41) is 3.20. The Morgan fingerprint density at radius 3 is 2.45 bits per heavy atom. The Labute approximate surface area is 196 Å². The number of halogens is 1. The lowest BCUT2D eigenvalue weighted by Gasteiger charge is -2.30. The number of anilines is 3. The van der Waals surface area contributed by atoms with Gasteiger partial charge in [0.25, 0.3) is 10.0 Å². The monoisotopic (exact) mass is 487 g/mol. The van der Waals surface area contributed by atoms with Gasteiger partial charge in [0.1, 0.15) is 10.7 Å². The van der Waals surface area contributed by atoms with Crippen molar-refractivity contribution < 1.29 is 22.4 Å². The molecule has 3 aromatic rings. The first-order chi connectivity index (χ1) is 15.9. The largest absolute Gasteiger partial charge is 0.465 e. The smallest absolute Gasteiger partial charge is 0.264 e. The second-order valence-corrected chi connectivity index (χ2v) is 9.32. The molecule has 0 aliphatic carbocycles. The molecule has 33 heavy (non-hydrogen) atoms. The zero-order valence-corrected chi connectivity index (χ0v) is 19.1. The van der Waals surface area contributed by atoms with Gasteiger partial charge in [-0.25, -0.2) is 8.42 Å². The van der Waals surface area contributed by atoms with Gasteiger partial charge in [0.15, 0.2) is 0 Å². The molecule has 1 fully saturated rings. The van der Waals surface area contributed by atoms with Gasteiger partial charge in [0, 0.05) is 35.6 Å². The molecule has 8 nitrogen and oxygen atoms in total. The molecule has 10 heteroatoms. The molecule has 1 aliphatic heterocycles. The molecule has 0 unspecified atom stereocenters. The fourth-order valence-electron chi connectivity index (χ4n) is 3.33. The van der Waals surface area contributed by atoms with E-state index in [1.54, 1.807) is 48.5 Å². The van der Waals surface area contributed by atoms with Crippen LogP contribution in [0, 0.1) is 0 Å². The van der Waals surface area contributed by atoms with Crippen LogP contribution in [-0.2, 0) is 19.6 Å². The third-order valence-electron chi connectivity index (χ3n) is 4.91. The van der Waals surface area contributed by atoms with E-state index in [1.807, 2.05) is 4.90 Å². The zero-order valence-electron chi connectivity index (χ0n) is 17.5. The van der Waals surface area contributed by atoms with Crippen molar-refractivity contribution in [2.45, 2.75) is 4.90 Å². The molecule has 4 rings (SSSR count). The number of nitrogens with zero attached hydrogens (tertiary/aromatic N) is 1. The summed E-state index contributed by atoms with van der Waals surface area (Å²) in [5.41, 5.74) is 1.25. The number of ether oxygens (including phenoxy) is 1. The molecule has 172 valence electrons. The van der Waals surface area contributed by atoms with Crippen LogP contribution in [0.5, 0.6) is 0 Å². The highest BCUT2D eigenvalue weighted by atomic mass is 35.5. The van der Waals surface area contributed by atoms with Crippen LogP contribution in [-0.4, -0.2) is 40.6 Å². The van der Waals surface area contributed by atoms with Crippen LogP contribution in [0.1, 0.15) is 5.76 Å². The van der Waals surface area contributed by atoms with E-state index < -0.39 is 15.9 Å². The van der Waals surface area contributed by atoms with Crippen LogP contribution in [0.3, 0.4) is 0 Å². The van der Waals surface area contributed by atoms with Crippen LogP contribution in [0.4, 0.5) is 17.1 Å². The molecule has 0 saturated carbocycles. The van der Waals surface area contributed by atoms with E-state index in [2.05, 4.69) is 10.0 Å². The Balaban J connectivity index is 1.62. The molecule has 1 aliphatic rings. The van der Waals surface area contributed by atoms with Crippen molar-refractivity contribution in [3.63, 3.8) is 0 Å². The van der Waals surface area contributed by atoms with Gasteiger partial charge in [-0.15, -0.1) is 0 Å². The van der Waals surface area contributed by atoms with Crippen molar-refractivity contribution in [2.24, 2.45) is 0 Å². The SMILES string of the molecule is O=C(/C=C/c1ccco1)Nc1ccc(N2CCOCC2)c(S(=O)(=O)Nc2ccc(Cl)cc2)c1. The molecule has 0 bridgehead atoms. The highest BCUT2D eigenvalue weighted by molar-refractivity contribution is 7.92. The molecule has 0 atom stereocenters. The number of morpholine rings is 1. The van der Waals surface area contributed by atoms with E-state index >= 15 is 0 Å². The maximum Gasteiger partial charge on any atom is 0.264 e. The lowest BCUT2D eigenvalue weighted by Crippen LogP contribution is -2.37. The molecule has 2 aromatic carbocycles. The molecule has 1 aromatic heterocycles. The second-order valence-electron chi connectivity index (χ2n) is 7.23. The van der Waals surface area contributed by atoms with Crippen molar-refractivity contribution in [3.05, 3.63) is 77.7 Å². The summed E-state index contributed by atoms with van der Waals surface area (Å²) in [5.74, 6) is 0.114. The Bertz CT molecular complexity index is 1240. The molecule has 1 saturated heterocycles. The highest BCUT2D eigenvalue weighted by Crippen LogP contribution is 2.31. The van der Waals surface area contributed by atoms with E-state index in [0.717, 1.165) is 0 Å². The molecule has 2 N–H and O–H groups in total. The number of hydrogen-bond acceptors (Lipinski definition) is 6. The number of nitrogens with one attached hydrogen (secondary N) is 2. The van der Waals surface area contributed by atoms with E-state index in [-0.39, 0.29) is 4.90 Å². The third-order valence-corrected chi connectivity index (χ3v) is 6.57. The van der Waals surface area contributed by atoms with Crippen LogP contribution in [0.15, 0.2) is 76.2 Å². The van der Waals surface area contributed by atoms with Crippen LogP contribution >= 0.6 is 11.6 Å². The minimum atomic E-state index is -3.97. The Hall–Kier alpha value is -3.27. The number of rotatable bonds is 7. The number of amides is 1. The summed E-state index contributed by atoms with van der Waals surface area (Å²) in [4.78, 5) is 14.3. The molecular weight excluding hydrogens is 466 g/mol. The Morgan fingerprint density at radius 1 is 1.03 bits per heavy atom. The lowest BCUT2D eigenvalue weighted by atomic mass is 10.2. The van der Waals surface area contributed by atoms with Crippen molar-refractivity contribution in [3.8, 4) is 0 Å². The molecule has 0 radical (unpaired) electrons. The average molecular weight is 488 g/mol. The number of carbonyl (C=O) groups excluding carboxylic acids is 1. The van der Waals surface area contributed by atoms with Crippen molar-refractivity contribution in [2.75, 3.05) is 41.2 Å². The normalized spacial score (nSPS) is 14.4. The first-order valence-corrected chi connectivity index (χ1v) is 12.0. The second kappa shape index (κ2) is 10.1. The van der Waals surface area contributed by atoms with Gasteiger partial charge in [-0.3, -0.25) is 9.52 Å². The Morgan fingerprint density at radius 2 is 1.76 bits per heavy atom. The number of benzene rings is 2. The maximum atomic E-state index is 13.3. The van der Waals surface area contributed by atoms with E-state index in [0.29, 0.717) is 54.1 Å². The number of hydrogen-bond donors (Lipinski definition) is 2. The maximum absolute atomic E-state index is 13.3. The quantitative estimate of drug-likeness (QED) is 0.484. The van der Waals surface area contributed by atoms with Crippen LogP contribution in [0.2, 0.25) is 5.02 Å². The topological polar surface area (TPSA) is 101 Å². The Kier molecular flexibility index (Phi) is 7.02. The fraction of sp³-hybridized carbons (Fsp3) is 0.174. The minimum Gasteiger partial charge on any atom is -0.465 e. The van der Waals surface area contributed by atoms with Crippen molar-refractivity contribution in [1.29, 1.82) is 0 Å².